The predicted octanol–water partition coefficient (Wildman–Crippen LogP) is 5.48. The summed E-state index contributed by atoms with van der Waals surface area (Å²) in [4.78, 5) is 8.39. The molecule has 3 N–H and O–H groups in total. The zero-order chi connectivity index (χ0) is 18.8. The van der Waals surface area contributed by atoms with Crippen molar-refractivity contribution in [2.24, 2.45) is 0 Å². The Hall–Kier alpha value is -2.79. The molecule has 1 heterocycles. The zero-order valence-corrected chi connectivity index (χ0v) is 16.0. The van der Waals surface area contributed by atoms with Gasteiger partial charge in [0.25, 0.3) is 0 Å². The number of nitrogen functional groups attached to an aromatic ring is 1. The van der Waals surface area contributed by atoms with Gasteiger partial charge in [0.1, 0.15) is 17.8 Å². The molecule has 0 aliphatic heterocycles. The van der Waals surface area contributed by atoms with Crippen LogP contribution in [0.15, 0.2) is 36.7 Å². The minimum Gasteiger partial charge on any atom is -0.437 e. The normalized spacial score (nSPS) is 10.7. The van der Waals surface area contributed by atoms with Gasteiger partial charge in [-0.05, 0) is 74.2 Å². The number of benzene rings is 2. The van der Waals surface area contributed by atoms with Crippen LogP contribution in [0.5, 0.6) is 11.6 Å². The molecule has 1 aromatic heterocycles. The Morgan fingerprint density at radius 1 is 0.923 bits per heavy atom. The van der Waals surface area contributed by atoms with E-state index in [9.17, 15) is 0 Å². The van der Waals surface area contributed by atoms with Crippen LogP contribution in [-0.2, 0) is 0 Å². The molecular formula is C20H21ClN4O. The number of nitrogens with zero attached hydrogens (tertiary/aromatic N) is 2. The molecule has 0 aliphatic rings. The summed E-state index contributed by atoms with van der Waals surface area (Å²) < 4.78 is 5.87. The summed E-state index contributed by atoms with van der Waals surface area (Å²) in [5, 5.41) is 3.95. The van der Waals surface area contributed by atoms with Gasteiger partial charge < -0.3 is 15.8 Å². The number of halogens is 1. The van der Waals surface area contributed by atoms with Gasteiger partial charge in [-0.15, -0.1) is 0 Å². The van der Waals surface area contributed by atoms with Crippen LogP contribution in [0, 0.1) is 27.7 Å². The lowest BCUT2D eigenvalue weighted by Gasteiger charge is -2.13. The lowest BCUT2D eigenvalue weighted by atomic mass is 10.1. The summed E-state index contributed by atoms with van der Waals surface area (Å²) >= 11 is 6.21. The largest absolute Gasteiger partial charge is 0.437 e. The number of nitrogens with two attached hydrogens (primary N) is 1. The molecule has 0 spiro atoms. The van der Waals surface area contributed by atoms with Crippen LogP contribution in [0.3, 0.4) is 0 Å². The molecule has 0 fully saturated rings. The van der Waals surface area contributed by atoms with E-state index in [4.69, 9.17) is 22.1 Å². The SMILES string of the molecule is Cc1ccc(Nc2ncnc(Oc3cc(C)c(Cl)c(C)c3)c2N)cc1C. The standard InChI is InChI=1S/C20H21ClN4O/c1-11-5-6-15(7-12(11)2)25-19-18(22)20(24-10-23-19)26-16-8-13(3)17(21)14(4)9-16/h5-10H,22H2,1-4H3,(H,23,24,25). The third-order valence-corrected chi connectivity index (χ3v) is 4.84. The Labute approximate surface area is 158 Å². The van der Waals surface area contributed by atoms with E-state index in [1.165, 1.54) is 17.5 Å². The zero-order valence-electron chi connectivity index (χ0n) is 15.2. The Kier molecular flexibility index (Phi) is 5.00. The smallest absolute Gasteiger partial charge is 0.248 e. The number of hydrogen-bond acceptors (Lipinski definition) is 5. The summed E-state index contributed by atoms with van der Waals surface area (Å²) in [6.07, 6.45) is 1.42. The molecular weight excluding hydrogens is 348 g/mol. The monoisotopic (exact) mass is 368 g/mol. The first-order chi connectivity index (χ1) is 12.3. The van der Waals surface area contributed by atoms with Crippen molar-refractivity contribution in [3.05, 3.63) is 63.9 Å². The van der Waals surface area contributed by atoms with E-state index in [1.807, 2.05) is 44.2 Å². The molecule has 0 radical (unpaired) electrons. The van der Waals surface area contributed by atoms with Crippen LogP contribution in [-0.4, -0.2) is 9.97 Å². The number of ether oxygens (including phenoxy) is 1. The van der Waals surface area contributed by atoms with Crippen molar-refractivity contribution in [3.8, 4) is 11.6 Å². The number of aryl methyl sites for hydroxylation is 4. The number of anilines is 3. The quantitative estimate of drug-likeness (QED) is 0.637. The molecule has 5 nitrogen and oxygen atoms in total. The van der Waals surface area contributed by atoms with Gasteiger partial charge in [0.05, 0.1) is 0 Å². The number of rotatable bonds is 4. The average molecular weight is 369 g/mol. The van der Waals surface area contributed by atoms with E-state index in [-0.39, 0.29) is 0 Å². The lowest BCUT2D eigenvalue weighted by molar-refractivity contribution is 0.464. The van der Waals surface area contributed by atoms with Crippen LogP contribution in [0.1, 0.15) is 22.3 Å². The Morgan fingerprint density at radius 3 is 2.27 bits per heavy atom. The summed E-state index contributed by atoms with van der Waals surface area (Å²) in [6.45, 7) is 7.99. The van der Waals surface area contributed by atoms with Gasteiger partial charge in [-0.3, -0.25) is 0 Å². The first kappa shape index (κ1) is 18.0. The van der Waals surface area contributed by atoms with Crippen LogP contribution in [0.25, 0.3) is 0 Å². The van der Waals surface area contributed by atoms with Crippen molar-refractivity contribution in [3.63, 3.8) is 0 Å². The first-order valence-electron chi connectivity index (χ1n) is 8.24. The van der Waals surface area contributed by atoms with Gasteiger partial charge in [0.15, 0.2) is 5.82 Å². The van der Waals surface area contributed by atoms with E-state index in [1.54, 1.807) is 0 Å². The summed E-state index contributed by atoms with van der Waals surface area (Å²) in [6, 6.07) is 9.78. The number of aromatic nitrogens is 2. The molecule has 6 heteroatoms. The fourth-order valence-corrected chi connectivity index (χ4v) is 2.70. The fourth-order valence-electron chi connectivity index (χ4n) is 2.59. The maximum atomic E-state index is 6.21. The molecule has 0 atom stereocenters. The van der Waals surface area contributed by atoms with Crippen molar-refractivity contribution in [2.75, 3.05) is 11.1 Å². The second-order valence-corrected chi connectivity index (χ2v) is 6.72. The van der Waals surface area contributed by atoms with E-state index in [2.05, 4.69) is 29.1 Å². The van der Waals surface area contributed by atoms with Gasteiger partial charge in [-0.1, -0.05) is 17.7 Å². The highest BCUT2D eigenvalue weighted by molar-refractivity contribution is 6.32. The first-order valence-corrected chi connectivity index (χ1v) is 8.62. The van der Waals surface area contributed by atoms with Gasteiger partial charge in [0, 0.05) is 10.7 Å². The van der Waals surface area contributed by atoms with Crippen molar-refractivity contribution >= 4 is 28.8 Å². The van der Waals surface area contributed by atoms with E-state index in [0.717, 1.165) is 21.8 Å². The van der Waals surface area contributed by atoms with Crippen molar-refractivity contribution in [1.82, 2.24) is 9.97 Å². The number of nitrogens with one attached hydrogen (secondary N) is 1. The molecule has 2 aromatic carbocycles. The summed E-state index contributed by atoms with van der Waals surface area (Å²) in [5.41, 5.74) is 11.7. The minimum absolute atomic E-state index is 0.299. The van der Waals surface area contributed by atoms with E-state index in [0.29, 0.717) is 23.1 Å². The summed E-state index contributed by atoms with van der Waals surface area (Å²) in [7, 11) is 0. The third-order valence-electron chi connectivity index (χ3n) is 4.24. The second kappa shape index (κ2) is 7.22. The van der Waals surface area contributed by atoms with Gasteiger partial charge in [-0.25, -0.2) is 4.98 Å². The molecule has 0 unspecified atom stereocenters. The predicted molar refractivity (Wildman–Crippen MR) is 107 cm³/mol. The van der Waals surface area contributed by atoms with Gasteiger partial charge in [0.2, 0.25) is 5.88 Å². The molecule has 0 amide bonds. The number of hydrogen-bond donors (Lipinski definition) is 2. The van der Waals surface area contributed by atoms with Crippen LogP contribution in [0.4, 0.5) is 17.2 Å². The second-order valence-electron chi connectivity index (χ2n) is 6.34. The van der Waals surface area contributed by atoms with Crippen LogP contribution >= 0.6 is 11.6 Å². The highest BCUT2D eigenvalue weighted by Gasteiger charge is 2.12. The molecule has 0 aliphatic carbocycles. The maximum absolute atomic E-state index is 6.21. The van der Waals surface area contributed by atoms with Crippen LogP contribution < -0.4 is 15.8 Å². The van der Waals surface area contributed by atoms with Gasteiger partial charge >= 0.3 is 0 Å². The topological polar surface area (TPSA) is 73.1 Å². The molecule has 0 saturated carbocycles. The van der Waals surface area contributed by atoms with Crippen molar-refractivity contribution in [2.45, 2.75) is 27.7 Å². The molecule has 3 aromatic rings. The van der Waals surface area contributed by atoms with Crippen LogP contribution in [0.2, 0.25) is 5.02 Å². The maximum Gasteiger partial charge on any atom is 0.248 e. The lowest BCUT2D eigenvalue weighted by Crippen LogP contribution is -2.03. The Bertz CT molecular complexity index is 949. The van der Waals surface area contributed by atoms with E-state index >= 15 is 0 Å². The Balaban J connectivity index is 1.88. The highest BCUT2D eigenvalue weighted by Crippen LogP contribution is 2.33. The Morgan fingerprint density at radius 2 is 1.62 bits per heavy atom. The third kappa shape index (κ3) is 3.73. The highest BCUT2D eigenvalue weighted by atomic mass is 35.5. The molecule has 134 valence electrons. The van der Waals surface area contributed by atoms with E-state index < -0.39 is 0 Å². The molecule has 26 heavy (non-hydrogen) atoms. The van der Waals surface area contributed by atoms with Crippen molar-refractivity contribution in [1.29, 1.82) is 0 Å². The fraction of sp³-hybridized carbons (Fsp3) is 0.200. The molecule has 0 saturated heterocycles. The molecule has 3 rings (SSSR count). The van der Waals surface area contributed by atoms with Crippen molar-refractivity contribution < 1.29 is 4.74 Å². The summed E-state index contributed by atoms with van der Waals surface area (Å²) in [5.74, 6) is 1.43. The minimum atomic E-state index is 0.299. The average Bonchev–Trinajstić information content (AvgIpc) is 2.59. The van der Waals surface area contributed by atoms with Gasteiger partial charge in [-0.2, -0.15) is 4.98 Å². The molecule has 0 bridgehead atoms.